The third kappa shape index (κ3) is 3.31. The molecule has 0 saturated heterocycles. The molecule has 0 bridgehead atoms. The van der Waals surface area contributed by atoms with Crippen molar-refractivity contribution in [1.29, 1.82) is 0 Å². The molecule has 2 atom stereocenters. The van der Waals surface area contributed by atoms with E-state index in [2.05, 4.69) is 63.1 Å². The van der Waals surface area contributed by atoms with Crippen molar-refractivity contribution < 1.29 is 0 Å². The fraction of sp³-hybridized carbons (Fsp3) is 0.643. The highest BCUT2D eigenvalue weighted by molar-refractivity contribution is 5.16. The van der Waals surface area contributed by atoms with Crippen molar-refractivity contribution in [2.45, 2.75) is 46.6 Å². The molecule has 1 aromatic rings. The summed E-state index contributed by atoms with van der Waals surface area (Å²) < 4.78 is 0. The number of nitrogens with zero attached hydrogens (tertiary/aromatic N) is 1. The molecule has 1 heterocycles. The fourth-order valence-electron chi connectivity index (χ4n) is 2.37. The molecule has 90 valence electrons. The van der Waals surface area contributed by atoms with Crippen LogP contribution in [0.1, 0.15) is 45.0 Å². The number of aromatic nitrogens is 1. The molecule has 0 aromatic carbocycles. The van der Waals surface area contributed by atoms with E-state index in [9.17, 15) is 0 Å². The number of rotatable bonds is 5. The smallest absolute Gasteiger partial charge is 0.0455 e. The molecule has 0 aliphatic heterocycles. The Morgan fingerprint density at radius 2 is 1.94 bits per heavy atom. The number of nitrogens with one attached hydrogen (secondary N) is 1. The van der Waals surface area contributed by atoms with Crippen LogP contribution in [0.3, 0.4) is 0 Å². The van der Waals surface area contributed by atoms with Crippen molar-refractivity contribution >= 4 is 0 Å². The van der Waals surface area contributed by atoms with Gasteiger partial charge in [-0.1, -0.05) is 26.8 Å². The number of pyridine rings is 1. The van der Waals surface area contributed by atoms with Gasteiger partial charge in [0.05, 0.1) is 0 Å². The molecule has 0 fully saturated rings. The molecule has 1 rings (SSSR count). The van der Waals surface area contributed by atoms with Crippen LogP contribution in [-0.2, 0) is 0 Å². The molecule has 0 amide bonds. The lowest BCUT2D eigenvalue weighted by molar-refractivity contribution is 0.376. The maximum absolute atomic E-state index is 4.66. The maximum Gasteiger partial charge on any atom is 0.0455 e. The standard InChI is InChI=1S/C14H24N2/c1-6-15-12(5)14(10(2)3)13-9-7-8-11(4)16-13/h7-10,12,14-15H,6H2,1-5H3. The second-order valence-corrected chi connectivity index (χ2v) is 4.82. The summed E-state index contributed by atoms with van der Waals surface area (Å²) in [5.74, 6) is 1.09. The van der Waals surface area contributed by atoms with Crippen molar-refractivity contribution in [3.63, 3.8) is 0 Å². The molecule has 0 radical (unpaired) electrons. The SMILES string of the molecule is CCNC(C)C(c1cccc(C)n1)C(C)C. The zero-order valence-electron chi connectivity index (χ0n) is 11.1. The van der Waals surface area contributed by atoms with Gasteiger partial charge in [-0.25, -0.2) is 0 Å². The van der Waals surface area contributed by atoms with Gasteiger partial charge < -0.3 is 5.32 Å². The van der Waals surface area contributed by atoms with E-state index in [0.29, 0.717) is 17.9 Å². The minimum atomic E-state index is 0.472. The van der Waals surface area contributed by atoms with Gasteiger partial charge in [0.15, 0.2) is 0 Å². The van der Waals surface area contributed by atoms with E-state index in [1.165, 1.54) is 5.69 Å². The molecular weight excluding hydrogens is 196 g/mol. The van der Waals surface area contributed by atoms with Crippen molar-refractivity contribution in [2.75, 3.05) is 6.54 Å². The second kappa shape index (κ2) is 6.00. The van der Waals surface area contributed by atoms with Crippen molar-refractivity contribution in [2.24, 2.45) is 5.92 Å². The Hall–Kier alpha value is -0.890. The second-order valence-electron chi connectivity index (χ2n) is 4.82. The normalized spacial score (nSPS) is 15.1. The Kier molecular flexibility index (Phi) is 4.94. The van der Waals surface area contributed by atoms with Crippen molar-refractivity contribution in [3.05, 3.63) is 29.6 Å². The monoisotopic (exact) mass is 220 g/mol. The molecule has 1 aromatic heterocycles. The third-order valence-electron chi connectivity index (χ3n) is 3.03. The Labute approximate surface area is 99.5 Å². The largest absolute Gasteiger partial charge is 0.314 e. The molecule has 0 aliphatic carbocycles. The highest BCUT2D eigenvalue weighted by Gasteiger charge is 2.23. The van der Waals surface area contributed by atoms with Gasteiger partial charge in [0.1, 0.15) is 0 Å². The zero-order chi connectivity index (χ0) is 12.1. The first-order valence-corrected chi connectivity index (χ1v) is 6.23. The zero-order valence-corrected chi connectivity index (χ0v) is 11.1. The van der Waals surface area contributed by atoms with Crippen molar-refractivity contribution in [3.8, 4) is 0 Å². The average Bonchev–Trinajstić information content (AvgIpc) is 2.17. The van der Waals surface area contributed by atoms with Crippen LogP contribution in [-0.4, -0.2) is 17.6 Å². The third-order valence-corrected chi connectivity index (χ3v) is 3.03. The quantitative estimate of drug-likeness (QED) is 0.824. The van der Waals surface area contributed by atoms with E-state index in [4.69, 9.17) is 0 Å². The maximum atomic E-state index is 4.66. The lowest BCUT2D eigenvalue weighted by Crippen LogP contribution is -2.35. The van der Waals surface area contributed by atoms with Gasteiger partial charge >= 0.3 is 0 Å². The highest BCUT2D eigenvalue weighted by Crippen LogP contribution is 2.26. The molecule has 0 saturated carbocycles. The minimum absolute atomic E-state index is 0.472. The summed E-state index contributed by atoms with van der Waals surface area (Å²) in [5, 5.41) is 3.50. The summed E-state index contributed by atoms with van der Waals surface area (Å²) in [6.45, 7) is 12.0. The molecule has 0 spiro atoms. The first-order chi connectivity index (χ1) is 7.56. The predicted octanol–water partition coefficient (Wildman–Crippen LogP) is 3.13. The van der Waals surface area contributed by atoms with Gasteiger partial charge in [-0.15, -0.1) is 0 Å². The molecule has 0 aliphatic rings. The van der Waals surface area contributed by atoms with Crippen molar-refractivity contribution in [1.82, 2.24) is 10.3 Å². The van der Waals surface area contributed by atoms with E-state index < -0.39 is 0 Å². The molecule has 2 heteroatoms. The lowest BCUT2D eigenvalue weighted by atomic mass is 9.86. The molecule has 16 heavy (non-hydrogen) atoms. The van der Waals surface area contributed by atoms with Crippen LogP contribution < -0.4 is 5.32 Å². The number of likely N-dealkylation sites (N-methyl/N-ethyl adjacent to an activating group) is 1. The first kappa shape index (κ1) is 13.2. The van der Waals surface area contributed by atoms with Crippen LogP contribution in [0.5, 0.6) is 0 Å². The summed E-state index contributed by atoms with van der Waals surface area (Å²) in [6.07, 6.45) is 0. The highest BCUT2D eigenvalue weighted by atomic mass is 14.9. The topological polar surface area (TPSA) is 24.9 Å². The predicted molar refractivity (Wildman–Crippen MR) is 69.7 cm³/mol. The molecule has 2 nitrogen and oxygen atoms in total. The van der Waals surface area contributed by atoms with Gasteiger partial charge in [0, 0.05) is 23.3 Å². The summed E-state index contributed by atoms with van der Waals surface area (Å²) in [4.78, 5) is 4.66. The van der Waals surface area contributed by atoms with E-state index >= 15 is 0 Å². The lowest BCUT2D eigenvalue weighted by Gasteiger charge is -2.27. The van der Waals surface area contributed by atoms with Gasteiger partial charge in [-0.2, -0.15) is 0 Å². The summed E-state index contributed by atoms with van der Waals surface area (Å²) in [6, 6.07) is 6.77. The van der Waals surface area contributed by atoms with Crippen LogP contribution in [0.15, 0.2) is 18.2 Å². The molecule has 2 unspecified atom stereocenters. The van der Waals surface area contributed by atoms with E-state index in [-0.39, 0.29) is 0 Å². The number of aryl methyl sites for hydroxylation is 1. The average molecular weight is 220 g/mol. The summed E-state index contributed by atoms with van der Waals surface area (Å²) in [7, 11) is 0. The van der Waals surface area contributed by atoms with E-state index in [0.717, 1.165) is 12.2 Å². The van der Waals surface area contributed by atoms with Crippen LogP contribution in [0.25, 0.3) is 0 Å². The summed E-state index contributed by atoms with van der Waals surface area (Å²) >= 11 is 0. The van der Waals surface area contributed by atoms with Crippen LogP contribution >= 0.6 is 0 Å². The van der Waals surface area contributed by atoms with Gasteiger partial charge in [-0.05, 0) is 38.4 Å². The van der Waals surface area contributed by atoms with Crippen LogP contribution in [0, 0.1) is 12.8 Å². The van der Waals surface area contributed by atoms with Crippen LogP contribution in [0.4, 0.5) is 0 Å². The Morgan fingerprint density at radius 1 is 1.25 bits per heavy atom. The molecule has 1 N–H and O–H groups in total. The minimum Gasteiger partial charge on any atom is -0.314 e. The van der Waals surface area contributed by atoms with E-state index in [1.54, 1.807) is 0 Å². The Morgan fingerprint density at radius 3 is 2.44 bits per heavy atom. The molecular formula is C14H24N2. The van der Waals surface area contributed by atoms with Crippen LogP contribution in [0.2, 0.25) is 0 Å². The van der Waals surface area contributed by atoms with Gasteiger partial charge in [0.25, 0.3) is 0 Å². The van der Waals surface area contributed by atoms with Gasteiger partial charge in [0.2, 0.25) is 0 Å². The van der Waals surface area contributed by atoms with Gasteiger partial charge in [-0.3, -0.25) is 4.98 Å². The fourth-order valence-corrected chi connectivity index (χ4v) is 2.37. The Balaban J connectivity index is 2.93. The number of hydrogen-bond donors (Lipinski definition) is 1. The number of hydrogen-bond acceptors (Lipinski definition) is 2. The summed E-state index contributed by atoms with van der Waals surface area (Å²) in [5.41, 5.74) is 2.32. The van der Waals surface area contributed by atoms with E-state index in [1.807, 2.05) is 0 Å². The Bertz CT molecular complexity index is 320. The first-order valence-electron chi connectivity index (χ1n) is 6.23.